The first-order valence-corrected chi connectivity index (χ1v) is 7.01. The molecule has 1 saturated carbocycles. The van der Waals surface area contributed by atoms with Crippen molar-refractivity contribution in [3.05, 3.63) is 34.9 Å². The summed E-state index contributed by atoms with van der Waals surface area (Å²) in [6.07, 6.45) is 1.21. The second-order valence-corrected chi connectivity index (χ2v) is 5.71. The third-order valence-electron chi connectivity index (χ3n) is 4.15. The van der Waals surface area contributed by atoms with Gasteiger partial charge in [0.2, 0.25) is 0 Å². The first-order valence-electron chi connectivity index (χ1n) is 6.64. The van der Waals surface area contributed by atoms with Crippen LogP contribution in [0.15, 0.2) is 24.3 Å². The highest BCUT2D eigenvalue weighted by Crippen LogP contribution is 2.47. The number of hydrogen-bond acceptors (Lipinski definition) is 1. The molecule has 2 unspecified atom stereocenters. The Morgan fingerprint density at radius 1 is 1.12 bits per heavy atom. The Bertz CT molecular complexity index is 350. The molecule has 0 spiro atoms. The third kappa shape index (κ3) is 2.51. The Balaban J connectivity index is 2.02. The zero-order valence-corrected chi connectivity index (χ0v) is 11.7. The molecule has 2 heteroatoms. The van der Waals surface area contributed by atoms with Gasteiger partial charge < -0.3 is 5.32 Å². The SMILES string of the molecule is CCCNC1C(C)C(c2ccc(Cl)cc2)C1C. The van der Waals surface area contributed by atoms with Gasteiger partial charge in [-0.2, -0.15) is 0 Å². The summed E-state index contributed by atoms with van der Waals surface area (Å²) in [5, 5.41) is 4.48. The van der Waals surface area contributed by atoms with Gasteiger partial charge in [-0.15, -0.1) is 0 Å². The van der Waals surface area contributed by atoms with Gasteiger partial charge in [0.1, 0.15) is 0 Å². The normalized spacial score (nSPS) is 32.2. The van der Waals surface area contributed by atoms with Crippen LogP contribution >= 0.6 is 11.6 Å². The van der Waals surface area contributed by atoms with Crippen molar-refractivity contribution in [3.63, 3.8) is 0 Å². The largest absolute Gasteiger partial charge is 0.313 e. The smallest absolute Gasteiger partial charge is 0.0406 e. The molecular weight excluding hydrogens is 230 g/mol. The van der Waals surface area contributed by atoms with Crippen molar-refractivity contribution >= 4 is 11.6 Å². The Hall–Kier alpha value is -0.530. The highest BCUT2D eigenvalue weighted by Gasteiger charge is 2.44. The van der Waals surface area contributed by atoms with Crippen LogP contribution in [0.3, 0.4) is 0 Å². The number of benzene rings is 1. The van der Waals surface area contributed by atoms with E-state index >= 15 is 0 Å². The number of rotatable bonds is 4. The summed E-state index contributed by atoms with van der Waals surface area (Å²) in [6.45, 7) is 8.06. The van der Waals surface area contributed by atoms with Gasteiger partial charge in [-0.05, 0) is 48.4 Å². The summed E-state index contributed by atoms with van der Waals surface area (Å²) in [5.74, 6) is 2.12. The Kier molecular flexibility index (Phi) is 4.11. The molecule has 1 aliphatic carbocycles. The van der Waals surface area contributed by atoms with E-state index in [1.807, 2.05) is 12.1 Å². The predicted octanol–water partition coefficient (Wildman–Crippen LogP) is 4.08. The van der Waals surface area contributed by atoms with Gasteiger partial charge >= 0.3 is 0 Å². The van der Waals surface area contributed by atoms with E-state index in [-0.39, 0.29) is 0 Å². The Labute approximate surface area is 110 Å². The zero-order valence-electron chi connectivity index (χ0n) is 10.9. The molecule has 1 N–H and O–H groups in total. The van der Waals surface area contributed by atoms with E-state index in [0.29, 0.717) is 12.0 Å². The van der Waals surface area contributed by atoms with Crippen molar-refractivity contribution in [2.24, 2.45) is 11.8 Å². The molecule has 1 aromatic rings. The molecule has 17 heavy (non-hydrogen) atoms. The molecule has 0 amide bonds. The molecule has 1 fully saturated rings. The number of halogens is 1. The third-order valence-corrected chi connectivity index (χ3v) is 4.40. The van der Waals surface area contributed by atoms with E-state index in [0.717, 1.165) is 23.4 Å². The summed E-state index contributed by atoms with van der Waals surface area (Å²) in [4.78, 5) is 0. The molecular formula is C15H22ClN. The molecule has 0 bridgehead atoms. The second-order valence-electron chi connectivity index (χ2n) is 5.28. The molecule has 0 aliphatic heterocycles. The lowest BCUT2D eigenvalue weighted by molar-refractivity contribution is 0.0968. The van der Waals surface area contributed by atoms with Crippen LogP contribution in [-0.4, -0.2) is 12.6 Å². The van der Waals surface area contributed by atoms with Crippen molar-refractivity contribution in [2.75, 3.05) is 6.54 Å². The fourth-order valence-corrected chi connectivity index (χ4v) is 3.36. The van der Waals surface area contributed by atoms with Crippen LogP contribution in [0.2, 0.25) is 5.02 Å². The lowest BCUT2D eigenvalue weighted by Crippen LogP contribution is -2.55. The van der Waals surface area contributed by atoms with Crippen molar-refractivity contribution in [1.82, 2.24) is 5.32 Å². The molecule has 1 aliphatic rings. The summed E-state index contributed by atoms with van der Waals surface area (Å²) in [6, 6.07) is 9.04. The summed E-state index contributed by atoms with van der Waals surface area (Å²) < 4.78 is 0. The first-order chi connectivity index (χ1) is 8.15. The summed E-state index contributed by atoms with van der Waals surface area (Å²) in [7, 11) is 0. The number of nitrogens with one attached hydrogen (secondary N) is 1. The van der Waals surface area contributed by atoms with Crippen molar-refractivity contribution < 1.29 is 0 Å². The minimum absolute atomic E-state index is 0.677. The van der Waals surface area contributed by atoms with Crippen molar-refractivity contribution in [3.8, 4) is 0 Å². The highest BCUT2D eigenvalue weighted by atomic mass is 35.5. The first kappa shape index (κ1) is 12.9. The molecule has 2 rings (SSSR count). The van der Waals surface area contributed by atoms with Crippen LogP contribution in [0.5, 0.6) is 0 Å². The van der Waals surface area contributed by atoms with Gasteiger partial charge in [0.05, 0.1) is 0 Å². The average molecular weight is 252 g/mol. The van der Waals surface area contributed by atoms with E-state index < -0.39 is 0 Å². The molecule has 0 saturated heterocycles. The average Bonchev–Trinajstić information content (AvgIpc) is 2.33. The van der Waals surface area contributed by atoms with Crippen molar-refractivity contribution in [1.29, 1.82) is 0 Å². The van der Waals surface area contributed by atoms with E-state index in [9.17, 15) is 0 Å². The van der Waals surface area contributed by atoms with E-state index in [2.05, 4.69) is 38.2 Å². The fourth-order valence-electron chi connectivity index (χ4n) is 3.23. The van der Waals surface area contributed by atoms with Crippen LogP contribution in [0.1, 0.15) is 38.7 Å². The lowest BCUT2D eigenvalue weighted by atomic mass is 9.59. The molecule has 0 heterocycles. The van der Waals surface area contributed by atoms with E-state index in [4.69, 9.17) is 11.6 Å². The van der Waals surface area contributed by atoms with Gasteiger partial charge in [0.25, 0.3) is 0 Å². The lowest BCUT2D eigenvalue weighted by Gasteiger charge is -2.50. The molecule has 2 atom stereocenters. The van der Waals surface area contributed by atoms with Crippen LogP contribution in [0.25, 0.3) is 0 Å². The maximum atomic E-state index is 5.94. The molecule has 0 aromatic heterocycles. The molecule has 1 aromatic carbocycles. The topological polar surface area (TPSA) is 12.0 Å². The minimum Gasteiger partial charge on any atom is -0.313 e. The quantitative estimate of drug-likeness (QED) is 0.850. The molecule has 0 radical (unpaired) electrons. The second kappa shape index (κ2) is 5.41. The van der Waals surface area contributed by atoms with Crippen LogP contribution in [-0.2, 0) is 0 Å². The van der Waals surface area contributed by atoms with E-state index in [1.54, 1.807) is 0 Å². The maximum Gasteiger partial charge on any atom is 0.0406 e. The Morgan fingerprint density at radius 3 is 2.24 bits per heavy atom. The standard InChI is InChI=1S/C15H22ClN/c1-4-9-17-15-10(2)14(11(15)3)12-5-7-13(16)8-6-12/h5-8,10-11,14-15,17H,4,9H2,1-3H3. The van der Waals surface area contributed by atoms with Gasteiger partial charge in [-0.25, -0.2) is 0 Å². The maximum absolute atomic E-state index is 5.94. The van der Waals surface area contributed by atoms with Gasteiger partial charge in [0, 0.05) is 11.1 Å². The number of hydrogen-bond donors (Lipinski definition) is 1. The minimum atomic E-state index is 0.677. The molecule has 94 valence electrons. The zero-order chi connectivity index (χ0) is 12.4. The van der Waals surface area contributed by atoms with Crippen LogP contribution in [0, 0.1) is 11.8 Å². The van der Waals surface area contributed by atoms with Gasteiger partial charge in [0.15, 0.2) is 0 Å². The summed E-state index contributed by atoms with van der Waals surface area (Å²) >= 11 is 5.94. The summed E-state index contributed by atoms with van der Waals surface area (Å²) in [5.41, 5.74) is 1.43. The van der Waals surface area contributed by atoms with Crippen LogP contribution < -0.4 is 5.32 Å². The Morgan fingerprint density at radius 2 is 1.71 bits per heavy atom. The van der Waals surface area contributed by atoms with E-state index in [1.165, 1.54) is 12.0 Å². The monoisotopic (exact) mass is 251 g/mol. The van der Waals surface area contributed by atoms with Crippen LogP contribution in [0.4, 0.5) is 0 Å². The fraction of sp³-hybridized carbons (Fsp3) is 0.600. The predicted molar refractivity (Wildman–Crippen MR) is 74.6 cm³/mol. The van der Waals surface area contributed by atoms with Crippen molar-refractivity contribution in [2.45, 2.75) is 39.2 Å². The van der Waals surface area contributed by atoms with Gasteiger partial charge in [-0.1, -0.05) is 44.5 Å². The molecule has 1 nitrogen and oxygen atoms in total. The van der Waals surface area contributed by atoms with Gasteiger partial charge in [-0.3, -0.25) is 0 Å². The highest BCUT2D eigenvalue weighted by molar-refractivity contribution is 6.30.